The molecule has 0 aliphatic heterocycles. The summed E-state index contributed by atoms with van der Waals surface area (Å²) < 4.78 is 0. The second-order valence-electron chi connectivity index (χ2n) is 2.63. The number of carboxylic acids is 1. The minimum atomic E-state index is -0.959. The summed E-state index contributed by atoms with van der Waals surface area (Å²) in [6, 6.07) is 8.54. The second kappa shape index (κ2) is 6.06. The molecule has 1 aromatic carbocycles. The molecule has 3 nitrogen and oxygen atoms in total. The molecule has 0 heterocycles. The molecule has 0 radical (unpaired) electrons. The summed E-state index contributed by atoms with van der Waals surface area (Å²) in [5.74, 6) is -0.959. The number of rotatable bonds is 3. The van der Waals surface area contributed by atoms with Gasteiger partial charge in [0, 0.05) is 26.2 Å². The molecular weight excluding hydrogens is 245 g/mol. The Morgan fingerprint density at radius 1 is 1.38 bits per heavy atom. The van der Waals surface area contributed by atoms with Crippen molar-refractivity contribution in [2.75, 3.05) is 0 Å². The first-order valence-electron chi connectivity index (χ1n) is 3.72. The van der Waals surface area contributed by atoms with Crippen LogP contribution in [0.2, 0.25) is 0 Å². The summed E-state index contributed by atoms with van der Waals surface area (Å²) >= 11 is 0. The van der Waals surface area contributed by atoms with Crippen molar-refractivity contribution < 1.29 is 36.1 Å². The Balaban J connectivity index is 0.00000144. The smallest absolute Gasteiger partial charge is 0.320 e. The van der Waals surface area contributed by atoms with Gasteiger partial charge in [-0.1, -0.05) is 30.3 Å². The molecule has 0 fully saturated rings. The summed E-state index contributed by atoms with van der Waals surface area (Å²) in [7, 11) is 0. The minimum absolute atomic E-state index is 0. The van der Waals surface area contributed by atoms with E-state index in [2.05, 4.69) is 0 Å². The third-order valence-corrected chi connectivity index (χ3v) is 1.62. The first kappa shape index (κ1) is 12.5. The van der Waals surface area contributed by atoms with Gasteiger partial charge in [0.1, 0.15) is 6.04 Å². The van der Waals surface area contributed by atoms with Crippen LogP contribution in [0.15, 0.2) is 30.3 Å². The fourth-order valence-corrected chi connectivity index (χ4v) is 0.955. The van der Waals surface area contributed by atoms with E-state index in [4.69, 9.17) is 10.8 Å². The molecule has 0 amide bonds. The Hall–Kier alpha value is -0.467. The van der Waals surface area contributed by atoms with Gasteiger partial charge in [0.15, 0.2) is 0 Å². The Morgan fingerprint density at radius 2 is 1.92 bits per heavy atom. The summed E-state index contributed by atoms with van der Waals surface area (Å²) in [5.41, 5.74) is 6.30. The van der Waals surface area contributed by atoms with Crippen molar-refractivity contribution in [3.63, 3.8) is 0 Å². The van der Waals surface area contributed by atoms with E-state index in [-0.39, 0.29) is 26.2 Å². The number of nitrogens with two attached hydrogens (primary N) is 1. The Morgan fingerprint density at radius 3 is 2.38 bits per heavy atom. The Kier molecular flexibility index (Phi) is 5.84. The van der Waals surface area contributed by atoms with Gasteiger partial charge < -0.3 is 10.8 Å². The maximum absolute atomic E-state index is 10.4. The van der Waals surface area contributed by atoms with E-state index in [1.807, 2.05) is 30.3 Å². The van der Waals surface area contributed by atoms with Crippen LogP contribution in [-0.4, -0.2) is 17.1 Å². The van der Waals surface area contributed by atoms with E-state index in [1.165, 1.54) is 0 Å². The number of aliphatic carboxylic acids is 1. The number of carbonyl (C=O) groups is 1. The van der Waals surface area contributed by atoms with Gasteiger partial charge in [-0.2, -0.15) is 0 Å². The van der Waals surface area contributed by atoms with Gasteiger partial charge >= 0.3 is 5.97 Å². The van der Waals surface area contributed by atoms with E-state index in [1.54, 1.807) is 0 Å². The van der Waals surface area contributed by atoms with Crippen LogP contribution in [-0.2, 0) is 37.4 Å². The van der Waals surface area contributed by atoms with Crippen LogP contribution in [0.4, 0.5) is 0 Å². The fraction of sp³-hybridized carbons (Fsp3) is 0.222. The summed E-state index contributed by atoms with van der Waals surface area (Å²) in [5, 5.41) is 8.52. The molecule has 0 aliphatic carbocycles. The zero-order valence-corrected chi connectivity index (χ0v) is 9.56. The van der Waals surface area contributed by atoms with E-state index < -0.39 is 12.0 Å². The minimum Gasteiger partial charge on any atom is -0.480 e. The van der Waals surface area contributed by atoms with Crippen LogP contribution in [0, 0.1) is 0 Å². The number of benzene rings is 1. The quantitative estimate of drug-likeness (QED) is 0.834. The van der Waals surface area contributed by atoms with Crippen LogP contribution in [0.25, 0.3) is 0 Å². The molecule has 3 N–H and O–H groups in total. The molecular formula is C9H11NO2Zr. The molecule has 0 saturated heterocycles. The standard InChI is InChI=1S/C9H11NO2.Zr/c10-8(9(11)12)6-7-4-2-1-3-5-7;/h1-5,8H,6,10H2,(H,11,12);/t8-;/m0./s1. The molecule has 0 spiro atoms. The molecule has 0 aliphatic rings. The largest absolute Gasteiger partial charge is 0.480 e. The van der Waals surface area contributed by atoms with E-state index in [9.17, 15) is 4.79 Å². The SMILES string of the molecule is N[C@@H](Cc1ccccc1)C(=O)O.[Zr]. The van der Waals surface area contributed by atoms with Gasteiger partial charge in [0.25, 0.3) is 0 Å². The molecule has 68 valence electrons. The third-order valence-electron chi connectivity index (χ3n) is 1.62. The molecule has 13 heavy (non-hydrogen) atoms. The topological polar surface area (TPSA) is 63.3 Å². The monoisotopic (exact) mass is 255 g/mol. The molecule has 1 aromatic rings. The van der Waals surface area contributed by atoms with E-state index >= 15 is 0 Å². The van der Waals surface area contributed by atoms with Gasteiger partial charge in [-0.3, -0.25) is 4.79 Å². The van der Waals surface area contributed by atoms with Crippen molar-refractivity contribution in [3.05, 3.63) is 35.9 Å². The normalized spacial score (nSPS) is 11.5. The molecule has 0 bridgehead atoms. The second-order valence-corrected chi connectivity index (χ2v) is 2.63. The van der Waals surface area contributed by atoms with Gasteiger partial charge in [0.2, 0.25) is 0 Å². The van der Waals surface area contributed by atoms with Gasteiger partial charge in [-0.25, -0.2) is 0 Å². The first-order chi connectivity index (χ1) is 5.70. The summed E-state index contributed by atoms with van der Waals surface area (Å²) in [6.07, 6.45) is 0.385. The molecule has 0 unspecified atom stereocenters. The van der Waals surface area contributed by atoms with Crippen LogP contribution in [0.1, 0.15) is 5.56 Å². The Bertz CT molecular complexity index is 264. The predicted octanol–water partition coefficient (Wildman–Crippen LogP) is 0.639. The molecule has 0 aromatic heterocycles. The summed E-state index contributed by atoms with van der Waals surface area (Å²) in [6.45, 7) is 0. The number of carboxylic acid groups (broad SMARTS) is 1. The van der Waals surface area contributed by atoms with E-state index in [0.29, 0.717) is 6.42 Å². The average molecular weight is 256 g/mol. The van der Waals surface area contributed by atoms with Crippen LogP contribution >= 0.6 is 0 Å². The maximum atomic E-state index is 10.4. The molecule has 4 heteroatoms. The fourth-order valence-electron chi connectivity index (χ4n) is 0.955. The van der Waals surface area contributed by atoms with Crippen LogP contribution < -0.4 is 5.73 Å². The third kappa shape index (κ3) is 4.34. The molecule has 1 rings (SSSR count). The maximum Gasteiger partial charge on any atom is 0.320 e. The van der Waals surface area contributed by atoms with Crippen LogP contribution in [0.5, 0.6) is 0 Å². The zero-order valence-electron chi connectivity index (χ0n) is 7.10. The average Bonchev–Trinajstić information content (AvgIpc) is 2.06. The molecule has 0 saturated carbocycles. The number of hydrogen-bond donors (Lipinski definition) is 2. The van der Waals surface area contributed by atoms with Crippen molar-refractivity contribution in [2.24, 2.45) is 5.73 Å². The van der Waals surface area contributed by atoms with Crippen molar-refractivity contribution in [2.45, 2.75) is 12.5 Å². The van der Waals surface area contributed by atoms with Gasteiger partial charge in [-0.15, -0.1) is 0 Å². The Labute approximate surface area is 96.1 Å². The first-order valence-corrected chi connectivity index (χ1v) is 3.72. The summed E-state index contributed by atoms with van der Waals surface area (Å²) in [4.78, 5) is 10.4. The van der Waals surface area contributed by atoms with Gasteiger partial charge in [0.05, 0.1) is 0 Å². The van der Waals surface area contributed by atoms with Crippen LogP contribution in [0.3, 0.4) is 0 Å². The van der Waals surface area contributed by atoms with Crippen molar-refractivity contribution in [3.8, 4) is 0 Å². The van der Waals surface area contributed by atoms with E-state index in [0.717, 1.165) is 5.56 Å². The zero-order chi connectivity index (χ0) is 8.97. The predicted molar refractivity (Wildman–Crippen MR) is 45.8 cm³/mol. The van der Waals surface area contributed by atoms with Crippen molar-refractivity contribution in [1.29, 1.82) is 0 Å². The van der Waals surface area contributed by atoms with Crippen molar-refractivity contribution >= 4 is 5.97 Å². The van der Waals surface area contributed by atoms with Crippen molar-refractivity contribution in [1.82, 2.24) is 0 Å². The van der Waals surface area contributed by atoms with Gasteiger partial charge in [-0.05, 0) is 12.0 Å². The molecule has 1 atom stereocenters. The number of hydrogen-bond acceptors (Lipinski definition) is 2.